The maximum Gasteiger partial charge on any atom is 0.101 e. The molecule has 3 aromatic rings. The molecular weight excluding hydrogens is 320 g/mol. The minimum Gasteiger partial charge on any atom is -0.354 e. The molecular formula is C15H9BrN2S. The number of halogens is 1. The predicted molar refractivity (Wildman–Crippen MR) is 84.0 cm³/mol. The van der Waals surface area contributed by atoms with Crippen LogP contribution in [0.1, 0.15) is 5.56 Å². The van der Waals surface area contributed by atoms with Gasteiger partial charge in [0.25, 0.3) is 0 Å². The fourth-order valence-electron chi connectivity index (χ4n) is 1.92. The Kier molecular flexibility index (Phi) is 3.24. The number of hydrogen-bond donors (Lipinski definition) is 1. The Morgan fingerprint density at radius 1 is 1.11 bits per heavy atom. The van der Waals surface area contributed by atoms with Gasteiger partial charge in [-0.05, 0) is 53.2 Å². The van der Waals surface area contributed by atoms with Crippen molar-refractivity contribution in [1.29, 1.82) is 5.26 Å². The zero-order chi connectivity index (χ0) is 13.2. The van der Waals surface area contributed by atoms with E-state index >= 15 is 0 Å². The average Bonchev–Trinajstić information content (AvgIpc) is 2.86. The Labute approximate surface area is 123 Å². The van der Waals surface area contributed by atoms with Crippen molar-refractivity contribution in [3.63, 3.8) is 0 Å². The fourth-order valence-corrected chi connectivity index (χ4v) is 3.05. The van der Waals surface area contributed by atoms with Crippen molar-refractivity contribution in [1.82, 2.24) is 0 Å². The molecule has 2 nitrogen and oxygen atoms in total. The van der Waals surface area contributed by atoms with Crippen molar-refractivity contribution in [2.24, 2.45) is 0 Å². The smallest absolute Gasteiger partial charge is 0.101 e. The largest absolute Gasteiger partial charge is 0.354 e. The van der Waals surface area contributed by atoms with Gasteiger partial charge < -0.3 is 5.32 Å². The first-order valence-electron chi connectivity index (χ1n) is 5.70. The van der Waals surface area contributed by atoms with E-state index in [0.717, 1.165) is 15.8 Å². The molecule has 2 aromatic carbocycles. The zero-order valence-corrected chi connectivity index (χ0v) is 12.3. The Bertz CT molecular complexity index is 786. The number of thiophene rings is 1. The van der Waals surface area contributed by atoms with E-state index in [4.69, 9.17) is 5.26 Å². The van der Waals surface area contributed by atoms with Crippen LogP contribution in [-0.4, -0.2) is 0 Å². The van der Waals surface area contributed by atoms with Crippen molar-refractivity contribution in [3.05, 3.63) is 57.9 Å². The number of nitrogens with zero attached hydrogens (tertiary/aromatic N) is 1. The third-order valence-corrected chi connectivity index (χ3v) is 4.22. The van der Waals surface area contributed by atoms with E-state index < -0.39 is 0 Å². The molecule has 0 saturated heterocycles. The third-order valence-electron chi connectivity index (χ3n) is 2.83. The second kappa shape index (κ2) is 5.04. The highest BCUT2D eigenvalue weighted by Gasteiger charge is 2.04. The first-order valence-corrected chi connectivity index (χ1v) is 7.37. The molecule has 1 N–H and O–H groups in total. The first-order chi connectivity index (χ1) is 9.26. The van der Waals surface area contributed by atoms with Crippen LogP contribution in [0.3, 0.4) is 0 Å². The van der Waals surface area contributed by atoms with E-state index in [1.165, 1.54) is 10.1 Å². The molecule has 0 bridgehead atoms. The van der Waals surface area contributed by atoms with Crippen LogP contribution >= 0.6 is 27.3 Å². The highest BCUT2D eigenvalue weighted by atomic mass is 79.9. The van der Waals surface area contributed by atoms with Gasteiger partial charge >= 0.3 is 0 Å². The van der Waals surface area contributed by atoms with Crippen molar-refractivity contribution in [2.75, 3.05) is 5.32 Å². The van der Waals surface area contributed by atoms with Crippen LogP contribution in [0.5, 0.6) is 0 Å². The third kappa shape index (κ3) is 2.48. The van der Waals surface area contributed by atoms with E-state index in [1.807, 2.05) is 18.2 Å². The topological polar surface area (TPSA) is 35.8 Å². The number of hydrogen-bond acceptors (Lipinski definition) is 3. The van der Waals surface area contributed by atoms with Gasteiger partial charge in [-0.1, -0.05) is 15.9 Å². The number of anilines is 2. The summed E-state index contributed by atoms with van der Waals surface area (Å²) in [6.45, 7) is 0. The molecule has 4 heteroatoms. The monoisotopic (exact) mass is 328 g/mol. The SMILES string of the molecule is N#Cc1ccc(Br)cc1Nc1ccc2sccc2c1. The molecule has 92 valence electrons. The van der Waals surface area contributed by atoms with Crippen LogP contribution in [0.25, 0.3) is 10.1 Å². The highest BCUT2D eigenvalue weighted by Crippen LogP contribution is 2.28. The van der Waals surface area contributed by atoms with E-state index in [2.05, 4.69) is 50.9 Å². The Balaban J connectivity index is 2.00. The molecule has 0 aliphatic heterocycles. The van der Waals surface area contributed by atoms with Crippen LogP contribution in [0, 0.1) is 11.3 Å². The first kappa shape index (κ1) is 12.2. The lowest BCUT2D eigenvalue weighted by molar-refractivity contribution is 1.46. The number of fused-ring (bicyclic) bond motifs is 1. The Morgan fingerprint density at radius 2 is 2.00 bits per heavy atom. The van der Waals surface area contributed by atoms with Crippen molar-refractivity contribution >= 4 is 48.7 Å². The summed E-state index contributed by atoms with van der Waals surface area (Å²) in [5.74, 6) is 0. The normalized spacial score (nSPS) is 10.3. The number of rotatable bonds is 2. The lowest BCUT2D eigenvalue weighted by atomic mass is 10.2. The van der Waals surface area contributed by atoms with Gasteiger partial charge in [0.1, 0.15) is 6.07 Å². The quantitative estimate of drug-likeness (QED) is 0.694. The summed E-state index contributed by atoms with van der Waals surface area (Å²) in [4.78, 5) is 0. The summed E-state index contributed by atoms with van der Waals surface area (Å²) in [5.41, 5.74) is 2.43. The van der Waals surface area contributed by atoms with Crippen molar-refractivity contribution in [2.45, 2.75) is 0 Å². The lowest BCUT2D eigenvalue weighted by Crippen LogP contribution is -1.93. The zero-order valence-electron chi connectivity index (χ0n) is 9.85. The average molecular weight is 329 g/mol. The van der Waals surface area contributed by atoms with Crippen LogP contribution in [0.4, 0.5) is 11.4 Å². The van der Waals surface area contributed by atoms with Gasteiger partial charge in [0.2, 0.25) is 0 Å². The van der Waals surface area contributed by atoms with Gasteiger partial charge in [0.15, 0.2) is 0 Å². The van der Waals surface area contributed by atoms with Crippen molar-refractivity contribution < 1.29 is 0 Å². The minimum absolute atomic E-state index is 0.633. The number of nitriles is 1. The van der Waals surface area contributed by atoms with Crippen LogP contribution in [-0.2, 0) is 0 Å². The molecule has 0 saturated carbocycles. The standard InChI is InChI=1S/C15H9BrN2S/c16-12-2-1-11(9-17)14(8-12)18-13-3-4-15-10(7-13)5-6-19-15/h1-8,18H. The molecule has 0 aliphatic carbocycles. The van der Waals surface area contributed by atoms with Gasteiger partial charge in [-0.25, -0.2) is 0 Å². The van der Waals surface area contributed by atoms with Crippen LogP contribution < -0.4 is 5.32 Å². The van der Waals surface area contributed by atoms with Gasteiger partial charge in [0, 0.05) is 14.9 Å². The number of nitrogens with one attached hydrogen (secondary N) is 1. The molecule has 0 amide bonds. The molecule has 0 spiro atoms. The molecule has 0 atom stereocenters. The summed E-state index contributed by atoms with van der Waals surface area (Å²) in [5, 5.41) is 15.7. The highest BCUT2D eigenvalue weighted by molar-refractivity contribution is 9.10. The maximum absolute atomic E-state index is 9.12. The van der Waals surface area contributed by atoms with E-state index in [9.17, 15) is 0 Å². The van der Waals surface area contributed by atoms with Gasteiger partial charge in [-0.2, -0.15) is 5.26 Å². The molecule has 0 radical (unpaired) electrons. The molecule has 1 heterocycles. The number of benzene rings is 2. The van der Waals surface area contributed by atoms with Gasteiger partial charge in [0.05, 0.1) is 11.3 Å². The Morgan fingerprint density at radius 3 is 2.84 bits per heavy atom. The summed E-state index contributed by atoms with van der Waals surface area (Å²) in [6, 6.07) is 16.1. The molecule has 1 aromatic heterocycles. The fraction of sp³-hybridized carbons (Fsp3) is 0. The predicted octanol–water partition coefficient (Wildman–Crippen LogP) is 5.28. The minimum atomic E-state index is 0.633. The molecule has 0 aliphatic rings. The Hall–Kier alpha value is -1.83. The van der Waals surface area contributed by atoms with Gasteiger partial charge in [-0.3, -0.25) is 0 Å². The van der Waals surface area contributed by atoms with Crippen LogP contribution in [0.15, 0.2) is 52.3 Å². The summed E-state index contributed by atoms with van der Waals surface area (Å²) in [7, 11) is 0. The van der Waals surface area contributed by atoms with Crippen molar-refractivity contribution in [3.8, 4) is 6.07 Å². The maximum atomic E-state index is 9.12. The lowest BCUT2D eigenvalue weighted by Gasteiger charge is -2.09. The van der Waals surface area contributed by atoms with E-state index in [-0.39, 0.29) is 0 Å². The van der Waals surface area contributed by atoms with E-state index in [0.29, 0.717) is 5.56 Å². The molecule has 0 unspecified atom stereocenters. The summed E-state index contributed by atoms with van der Waals surface area (Å²) in [6.07, 6.45) is 0. The van der Waals surface area contributed by atoms with Crippen LogP contribution in [0.2, 0.25) is 0 Å². The van der Waals surface area contributed by atoms with Gasteiger partial charge in [-0.15, -0.1) is 11.3 Å². The molecule has 3 rings (SSSR count). The second-order valence-electron chi connectivity index (χ2n) is 4.10. The molecule has 19 heavy (non-hydrogen) atoms. The summed E-state index contributed by atoms with van der Waals surface area (Å²) < 4.78 is 2.21. The second-order valence-corrected chi connectivity index (χ2v) is 5.96. The summed E-state index contributed by atoms with van der Waals surface area (Å²) >= 11 is 5.15. The van der Waals surface area contributed by atoms with E-state index in [1.54, 1.807) is 17.4 Å². The molecule has 0 fully saturated rings.